The van der Waals surface area contributed by atoms with Gasteiger partial charge in [-0.2, -0.15) is 0 Å². The predicted molar refractivity (Wildman–Crippen MR) is 114 cm³/mol. The van der Waals surface area contributed by atoms with Crippen molar-refractivity contribution in [1.82, 2.24) is 0 Å². The van der Waals surface area contributed by atoms with E-state index in [2.05, 4.69) is 5.32 Å². The summed E-state index contributed by atoms with van der Waals surface area (Å²) < 4.78 is 31.4. The highest BCUT2D eigenvalue weighted by Gasteiger charge is 2.32. The molecule has 1 atom stereocenters. The summed E-state index contributed by atoms with van der Waals surface area (Å²) in [4.78, 5) is 12.9. The van der Waals surface area contributed by atoms with Gasteiger partial charge in [0.05, 0.1) is 28.6 Å². The lowest BCUT2D eigenvalue weighted by atomic mass is 10.1. The Bertz CT molecular complexity index is 951. The Morgan fingerprint density at radius 1 is 1.14 bits per heavy atom. The van der Waals surface area contributed by atoms with Crippen LogP contribution < -0.4 is 14.4 Å². The lowest BCUT2D eigenvalue weighted by Crippen LogP contribution is -2.47. The average Bonchev–Trinajstić information content (AvgIpc) is 2.61. The van der Waals surface area contributed by atoms with Gasteiger partial charge in [0.2, 0.25) is 15.9 Å². The monoisotopic (exact) mass is 444 g/mol. The lowest BCUT2D eigenvalue weighted by Gasteiger charge is -2.30. The maximum atomic E-state index is 12.9. The van der Waals surface area contributed by atoms with Crippen LogP contribution in [0.2, 0.25) is 10.0 Å². The predicted octanol–water partition coefficient (Wildman–Crippen LogP) is 4.58. The number of carbonyl (C=O) groups excluding carboxylic acids is 1. The van der Waals surface area contributed by atoms with Gasteiger partial charge in [-0.05, 0) is 43.7 Å². The van der Waals surface area contributed by atoms with Crippen molar-refractivity contribution in [3.63, 3.8) is 0 Å². The number of sulfonamides is 1. The van der Waals surface area contributed by atoms with Crippen LogP contribution in [0.3, 0.4) is 0 Å². The summed E-state index contributed by atoms with van der Waals surface area (Å²) in [6.07, 6.45) is 1.30. The number of amides is 1. The molecule has 0 aromatic heterocycles. The molecule has 0 aliphatic carbocycles. The molecule has 2 aromatic rings. The maximum Gasteiger partial charge on any atom is 0.248 e. The zero-order chi connectivity index (χ0) is 20.9. The van der Waals surface area contributed by atoms with Gasteiger partial charge in [-0.3, -0.25) is 9.10 Å². The van der Waals surface area contributed by atoms with E-state index >= 15 is 0 Å². The van der Waals surface area contributed by atoms with Gasteiger partial charge in [-0.25, -0.2) is 8.42 Å². The molecule has 0 heterocycles. The van der Waals surface area contributed by atoms with Crippen LogP contribution in [0.1, 0.15) is 20.3 Å². The number of halogens is 2. The zero-order valence-corrected chi connectivity index (χ0v) is 18.1. The first-order valence-corrected chi connectivity index (χ1v) is 11.3. The number of carbonyl (C=O) groups is 1. The first kappa shape index (κ1) is 22.3. The third kappa shape index (κ3) is 5.53. The van der Waals surface area contributed by atoms with Crippen LogP contribution in [-0.4, -0.2) is 33.2 Å². The van der Waals surface area contributed by atoms with Gasteiger partial charge in [-0.15, -0.1) is 0 Å². The molecule has 152 valence electrons. The first-order valence-electron chi connectivity index (χ1n) is 8.65. The minimum atomic E-state index is -3.77. The number of benzene rings is 2. The Kier molecular flexibility index (Phi) is 7.57. The minimum Gasteiger partial charge on any atom is -0.494 e. The van der Waals surface area contributed by atoms with E-state index in [1.807, 2.05) is 6.92 Å². The fraction of sp³-hybridized carbons (Fsp3) is 0.316. The Morgan fingerprint density at radius 2 is 1.86 bits per heavy atom. The van der Waals surface area contributed by atoms with Crippen molar-refractivity contribution in [3.8, 4) is 5.75 Å². The number of nitrogens with one attached hydrogen (secondary N) is 1. The largest absolute Gasteiger partial charge is 0.494 e. The van der Waals surface area contributed by atoms with Crippen LogP contribution in [0, 0.1) is 0 Å². The Balaban J connectivity index is 2.36. The van der Waals surface area contributed by atoms with Gasteiger partial charge >= 0.3 is 0 Å². The van der Waals surface area contributed by atoms with E-state index in [0.29, 0.717) is 23.1 Å². The van der Waals surface area contributed by atoms with Crippen LogP contribution in [0.5, 0.6) is 5.75 Å². The van der Waals surface area contributed by atoms with Gasteiger partial charge < -0.3 is 10.1 Å². The SMILES string of the molecule is CCOc1cccc(NC(=O)[C@@H](CC)N(c2ccc(Cl)c(Cl)c2)S(C)(=O)=O)c1. The molecule has 0 unspecified atom stereocenters. The van der Waals surface area contributed by atoms with Crippen LogP contribution >= 0.6 is 23.2 Å². The smallest absolute Gasteiger partial charge is 0.248 e. The van der Waals surface area contributed by atoms with Crippen molar-refractivity contribution in [1.29, 1.82) is 0 Å². The van der Waals surface area contributed by atoms with E-state index < -0.39 is 22.0 Å². The molecular weight excluding hydrogens is 423 g/mol. The number of ether oxygens (including phenoxy) is 1. The van der Waals surface area contributed by atoms with Crippen molar-refractivity contribution >= 4 is 50.5 Å². The molecule has 0 radical (unpaired) electrons. The first-order chi connectivity index (χ1) is 13.2. The second kappa shape index (κ2) is 9.49. The van der Waals surface area contributed by atoms with Gasteiger partial charge in [0.15, 0.2) is 0 Å². The molecule has 0 aliphatic heterocycles. The van der Waals surface area contributed by atoms with E-state index in [0.717, 1.165) is 10.6 Å². The van der Waals surface area contributed by atoms with Crippen molar-refractivity contribution in [2.24, 2.45) is 0 Å². The molecule has 0 bridgehead atoms. The molecule has 0 aliphatic rings. The second-order valence-corrected chi connectivity index (χ2v) is 8.71. The van der Waals surface area contributed by atoms with E-state index in [-0.39, 0.29) is 17.1 Å². The topological polar surface area (TPSA) is 75.7 Å². The lowest BCUT2D eigenvalue weighted by molar-refractivity contribution is -0.117. The molecule has 28 heavy (non-hydrogen) atoms. The summed E-state index contributed by atoms with van der Waals surface area (Å²) in [6, 6.07) is 10.4. The molecule has 0 saturated heterocycles. The highest BCUT2D eigenvalue weighted by atomic mass is 35.5. The van der Waals surface area contributed by atoms with Crippen molar-refractivity contribution in [3.05, 3.63) is 52.5 Å². The number of hydrogen-bond donors (Lipinski definition) is 1. The van der Waals surface area contributed by atoms with E-state index in [4.69, 9.17) is 27.9 Å². The molecule has 1 N–H and O–H groups in total. The van der Waals surface area contributed by atoms with Crippen LogP contribution in [0.15, 0.2) is 42.5 Å². The Labute approximate surface area is 175 Å². The van der Waals surface area contributed by atoms with Crippen LogP contribution in [-0.2, 0) is 14.8 Å². The summed E-state index contributed by atoms with van der Waals surface area (Å²) in [5.41, 5.74) is 0.777. The summed E-state index contributed by atoms with van der Waals surface area (Å²) in [5, 5.41) is 3.25. The minimum absolute atomic E-state index is 0.201. The maximum absolute atomic E-state index is 12.9. The zero-order valence-electron chi connectivity index (χ0n) is 15.8. The summed E-state index contributed by atoms with van der Waals surface area (Å²) in [5.74, 6) is 0.144. The van der Waals surface area contributed by atoms with Gasteiger partial charge in [0, 0.05) is 11.8 Å². The number of nitrogens with zero attached hydrogens (tertiary/aromatic N) is 1. The third-order valence-electron chi connectivity index (χ3n) is 3.90. The highest BCUT2D eigenvalue weighted by Crippen LogP contribution is 2.30. The van der Waals surface area contributed by atoms with Gasteiger partial charge in [0.1, 0.15) is 11.8 Å². The summed E-state index contributed by atoms with van der Waals surface area (Å²) in [6.45, 7) is 4.09. The number of anilines is 2. The quantitative estimate of drug-likeness (QED) is 0.646. The van der Waals surface area contributed by atoms with Crippen LogP contribution in [0.25, 0.3) is 0 Å². The molecule has 6 nitrogen and oxygen atoms in total. The molecular formula is C19H22Cl2N2O4S. The van der Waals surface area contributed by atoms with Crippen molar-refractivity contribution < 1.29 is 17.9 Å². The van der Waals surface area contributed by atoms with Gasteiger partial charge in [-0.1, -0.05) is 36.2 Å². The molecule has 0 saturated carbocycles. The normalized spacial score (nSPS) is 12.3. The van der Waals surface area contributed by atoms with Crippen molar-refractivity contribution in [2.75, 3.05) is 22.5 Å². The molecule has 1 amide bonds. The average molecular weight is 445 g/mol. The van der Waals surface area contributed by atoms with Crippen LogP contribution in [0.4, 0.5) is 11.4 Å². The molecule has 2 aromatic carbocycles. The fourth-order valence-corrected chi connectivity index (χ4v) is 4.23. The standard InChI is InChI=1S/C19H22Cl2N2O4S/c1-4-18(19(24)22-13-7-6-8-15(11-13)27-5-2)23(28(3,25)26)14-9-10-16(20)17(21)12-14/h6-12,18H,4-5H2,1-3H3,(H,22,24)/t18-/m1/s1. The Morgan fingerprint density at radius 3 is 2.43 bits per heavy atom. The number of rotatable bonds is 8. The Hall–Kier alpha value is -1.96. The summed E-state index contributed by atoms with van der Waals surface area (Å²) >= 11 is 12.0. The van der Waals surface area contributed by atoms with Crippen molar-refractivity contribution in [2.45, 2.75) is 26.3 Å². The fourth-order valence-electron chi connectivity index (χ4n) is 2.74. The molecule has 9 heteroatoms. The van der Waals surface area contributed by atoms with E-state index in [1.165, 1.54) is 18.2 Å². The van der Waals surface area contributed by atoms with Gasteiger partial charge in [0.25, 0.3) is 0 Å². The molecule has 2 rings (SSSR count). The molecule has 0 spiro atoms. The number of hydrogen-bond acceptors (Lipinski definition) is 4. The summed E-state index contributed by atoms with van der Waals surface area (Å²) in [7, 11) is -3.77. The highest BCUT2D eigenvalue weighted by molar-refractivity contribution is 7.92. The third-order valence-corrected chi connectivity index (χ3v) is 5.82. The van der Waals surface area contributed by atoms with E-state index in [1.54, 1.807) is 31.2 Å². The molecule has 0 fully saturated rings. The van der Waals surface area contributed by atoms with E-state index in [9.17, 15) is 13.2 Å². The second-order valence-electron chi connectivity index (χ2n) is 6.03.